The van der Waals surface area contributed by atoms with Gasteiger partial charge in [-0.3, -0.25) is 14.5 Å². The van der Waals surface area contributed by atoms with Crippen LogP contribution < -0.4 is 14.4 Å². The number of nitrogens with zero attached hydrogens (tertiary/aromatic N) is 3. The highest BCUT2D eigenvalue weighted by molar-refractivity contribution is 9.10. The van der Waals surface area contributed by atoms with Crippen molar-refractivity contribution < 1.29 is 33.1 Å². The van der Waals surface area contributed by atoms with Crippen molar-refractivity contribution in [1.82, 2.24) is 10.1 Å². The Hall–Kier alpha value is -2.67. The molecule has 1 aromatic carbocycles. The number of rotatable bonds is 12. The van der Waals surface area contributed by atoms with E-state index in [2.05, 4.69) is 73.7 Å². The van der Waals surface area contributed by atoms with E-state index in [9.17, 15) is 5.11 Å². The molecule has 12 heteroatoms. The number of halogens is 1. The number of hydrogen-bond acceptors (Lipinski definition) is 10. The van der Waals surface area contributed by atoms with Gasteiger partial charge in [0.25, 0.3) is 5.88 Å². The van der Waals surface area contributed by atoms with Gasteiger partial charge < -0.3 is 28.4 Å². The second-order valence-corrected chi connectivity index (χ2v) is 22.1. The first kappa shape index (κ1) is 38.1. The van der Waals surface area contributed by atoms with Gasteiger partial charge in [0.1, 0.15) is 17.1 Å². The number of anilines is 1. The molecular formula is C39H56BrN3O7Si. The van der Waals surface area contributed by atoms with Crippen LogP contribution in [0.5, 0.6) is 11.6 Å². The highest BCUT2D eigenvalue weighted by atomic mass is 79.9. The van der Waals surface area contributed by atoms with Gasteiger partial charge in [-0.05, 0) is 109 Å². The van der Waals surface area contributed by atoms with E-state index >= 15 is 9.59 Å². The lowest BCUT2D eigenvalue weighted by Crippen LogP contribution is -2.65. The maximum Gasteiger partial charge on any atom is 0.265 e. The Morgan fingerprint density at radius 2 is 1.73 bits per heavy atom. The molecule has 0 radical (unpaired) electrons. The molecule has 4 aliphatic rings. The van der Waals surface area contributed by atoms with Crippen molar-refractivity contribution in [3.63, 3.8) is 0 Å². The van der Waals surface area contributed by atoms with Crippen molar-refractivity contribution in [2.24, 2.45) is 11.8 Å². The van der Waals surface area contributed by atoms with Crippen LogP contribution in [0.3, 0.4) is 0 Å². The van der Waals surface area contributed by atoms with Crippen molar-refractivity contribution in [1.29, 1.82) is 0 Å². The third kappa shape index (κ3) is 6.29. The van der Waals surface area contributed by atoms with Crippen LogP contribution in [0.1, 0.15) is 118 Å². The molecule has 1 saturated heterocycles. The van der Waals surface area contributed by atoms with Crippen molar-refractivity contribution in [3.8, 4) is 11.6 Å². The Morgan fingerprint density at radius 3 is 2.33 bits per heavy atom. The maximum absolute atomic E-state index is 15.4. The summed E-state index contributed by atoms with van der Waals surface area (Å²) in [5.74, 6) is -0.909. The summed E-state index contributed by atoms with van der Waals surface area (Å²) in [6, 6.07) is 1.44. The van der Waals surface area contributed by atoms with E-state index in [1.807, 2.05) is 25.1 Å². The van der Waals surface area contributed by atoms with Gasteiger partial charge in [0, 0.05) is 29.1 Å². The zero-order valence-corrected chi connectivity index (χ0v) is 34.5. The Morgan fingerprint density at radius 1 is 1.08 bits per heavy atom. The van der Waals surface area contributed by atoms with Gasteiger partial charge in [-0.2, -0.15) is 0 Å². The van der Waals surface area contributed by atoms with Crippen LogP contribution in [0.2, 0.25) is 18.1 Å². The number of benzene rings is 1. The quantitative estimate of drug-likeness (QED) is 0.165. The molecule has 3 aliphatic carbocycles. The van der Waals surface area contributed by atoms with Crippen LogP contribution in [-0.4, -0.2) is 81.0 Å². The number of carbonyl (C=O) groups is 2. The number of aliphatic hydroxyl groups is 1. The molecule has 2 aromatic rings. The molecule has 0 bridgehead atoms. The van der Waals surface area contributed by atoms with Crippen molar-refractivity contribution in [2.45, 2.75) is 116 Å². The van der Waals surface area contributed by atoms with Gasteiger partial charge in [0.05, 0.1) is 30.5 Å². The molecule has 2 heterocycles. The monoisotopic (exact) mass is 785 g/mol. The predicted molar refractivity (Wildman–Crippen MR) is 204 cm³/mol. The van der Waals surface area contributed by atoms with Crippen LogP contribution in [0.4, 0.5) is 5.69 Å². The van der Waals surface area contributed by atoms with Crippen LogP contribution in [0.15, 0.2) is 26.4 Å². The fourth-order valence-corrected chi connectivity index (χ4v) is 10.4. The third-order valence-electron chi connectivity index (χ3n) is 11.9. The molecule has 0 amide bonds. The highest BCUT2D eigenvalue weighted by Gasteiger charge is 2.67. The minimum atomic E-state index is -2.80. The molecule has 1 aliphatic heterocycles. The topological polar surface area (TPSA) is 115 Å². The fraction of sp³-hybridized carbons (Fsp3) is 0.667. The number of ketones is 2. The number of fused-ring (bicyclic) bond motifs is 4. The Balaban J connectivity index is 1.60. The molecule has 51 heavy (non-hydrogen) atoms. The molecule has 0 unspecified atom stereocenters. The average molecular weight is 787 g/mol. The van der Waals surface area contributed by atoms with Crippen molar-refractivity contribution in [2.75, 3.05) is 45.3 Å². The zero-order chi connectivity index (χ0) is 37.0. The third-order valence-corrected chi connectivity index (χ3v) is 17.0. The molecular weight excluding hydrogens is 730 g/mol. The van der Waals surface area contributed by atoms with Crippen LogP contribution in [0.25, 0.3) is 0 Å². The van der Waals surface area contributed by atoms with Gasteiger partial charge in [-0.1, -0.05) is 47.5 Å². The number of aliphatic hydroxyl groups excluding tert-OH is 1. The lowest BCUT2D eigenvalue weighted by Gasteiger charge is -2.55. The standard InChI is InChI=1S/C39H56BrN3O7Si/c1-10-12-18-47-27-22-26(40)31(43-16-14-15-17-43)24-20-23-21-25-32(42(6)7)34-30(37(41-49-34)48-19-13-11-2)36(46)39(25,50-51(8,9)38(3,4)5)35(45)28(23)33(44)29(24)27/h22-23,25,32,45H,10-21H2,1-9H3/t23-,25-,32-,39-/m0/s1. The molecule has 1 fully saturated rings. The minimum Gasteiger partial charge on any atom is -0.508 e. The number of Topliss-reactive ketones (excluding diaryl/α,β-unsaturated/α-hetero) is 2. The van der Waals surface area contributed by atoms with Gasteiger partial charge >= 0.3 is 0 Å². The fourth-order valence-electron chi connectivity index (χ4n) is 8.28. The molecule has 1 aromatic heterocycles. The van der Waals surface area contributed by atoms with Crippen molar-refractivity contribution >= 4 is 41.5 Å². The molecule has 280 valence electrons. The molecule has 10 nitrogen and oxygen atoms in total. The first-order valence-corrected chi connectivity index (χ1v) is 22.6. The summed E-state index contributed by atoms with van der Waals surface area (Å²) in [7, 11) is 1.09. The molecule has 0 spiro atoms. The Labute approximate surface area is 312 Å². The number of aromatic nitrogens is 1. The molecule has 0 saturated carbocycles. The summed E-state index contributed by atoms with van der Waals surface area (Å²) in [4.78, 5) is 34.9. The lowest BCUT2D eigenvalue weighted by atomic mass is 9.58. The highest BCUT2D eigenvalue weighted by Crippen LogP contribution is 2.60. The van der Waals surface area contributed by atoms with Gasteiger partial charge in [-0.25, -0.2) is 0 Å². The number of hydrogen-bond donors (Lipinski definition) is 1. The zero-order valence-electron chi connectivity index (χ0n) is 31.9. The lowest BCUT2D eigenvalue weighted by molar-refractivity contribution is -0.0480. The van der Waals surface area contributed by atoms with E-state index in [4.69, 9.17) is 18.4 Å². The predicted octanol–water partition coefficient (Wildman–Crippen LogP) is 8.84. The van der Waals surface area contributed by atoms with Gasteiger partial charge in [-0.15, -0.1) is 0 Å². The summed E-state index contributed by atoms with van der Waals surface area (Å²) in [6.07, 6.45) is 6.62. The van der Waals surface area contributed by atoms with Gasteiger partial charge in [0.15, 0.2) is 25.5 Å². The van der Waals surface area contributed by atoms with Crippen LogP contribution in [-0.2, 0) is 10.8 Å². The number of allylic oxidation sites excluding steroid dienone is 1. The van der Waals surface area contributed by atoms with Crippen molar-refractivity contribution in [3.05, 3.63) is 44.3 Å². The second-order valence-electron chi connectivity index (χ2n) is 16.6. The molecule has 4 atom stereocenters. The minimum absolute atomic E-state index is 0.110. The largest absolute Gasteiger partial charge is 0.508 e. The summed E-state index contributed by atoms with van der Waals surface area (Å²) < 4.78 is 26.6. The Bertz CT molecular complexity index is 1710. The number of carbonyl (C=O) groups excluding carboxylic acids is 2. The van der Waals surface area contributed by atoms with E-state index in [1.54, 1.807) is 0 Å². The molecule has 6 rings (SSSR count). The van der Waals surface area contributed by atoms with E-state index in [0.29, 0.717) is 43.1 Å². The smallest absolute Gasteiger partial charge is 0.265 e. The SMILES string of the molecule is CCCCOc1cc(Br)c(N2CCCC2)c2c1C(=O)C1=C(O)[C@]3(O[Si](C)(C)C(C)(C)C)C(=O)c4c(OCCCC)noc4[C@@H](N(C)C)[C@@H]3C[C@@H]1C2. The number of ether oxygens (including phenoxy) is 2. The van der Waals surface area contributed by atoms with Gasteiger partial charge in [0.2, 0.25) is 5.78 Å². The summed E-state index contributed by atoms with van der Waals surface area (Å²) in [5.41, 5.74) is 1.06. The summed E-state index contributed by atoms with van der Waals surface area (Å²) >= 11 is 3.87. The average Bonchev–Trinajstić information content (AvgIpc) is 3.72. The second kappa shape index (κ2) is 14.3. The first-order chi connectivity index (χ1) is 24.1. The van der Waals surface area contributed by atoms with Crippen LogP contribution >= 0.6 is 15.9 Å². The maximum atomic E-state index is 15.4. The van der Waals surface area contributed by atoms with E-state index in [1.165, 1.54) is 0 Å². The first-order valence-electron chi connectivity index (χ1n) is 18.9. The Kier molecular flexibility index (Phi) is 10.7. The number of unbranched alkanes of at least 4 members (excludes halogenated alkanes) is 2. The summed E-state index contributed by atoms with van der Waals surface area (Å²) in [5, 5.41) is 16.9. The van der Waals surface area contributed by atoms with Crippen LogP contribution in [0, 0.1) is 11.8 Å². The normalized spacial score (nSPS) is 24.8. The summed E-state index contributed by atoms with van der Waals surface area (Å²) in [6.45, 7) is 17.3. The molecule has 1 N–H and O–H groups in total. The van der Waals surface area contributed by atoms with E-state index in [0.717, 1.165) is 67.3 Å². The van der Waals surface area contributed by atoms with E-state index in [-0.39, 0.29) is 39.5 Å². The van der Waals surface area contributed by atoms with E-state index < -0.39 is 31.7 Å².